The lowest BCUT2D eigenvalue weighted by atomic mass is 10.2. The second kappa shape index (κ2) is 7.38. The molecule has 120 valence electrons. The highest BCUT2D eigenvalue weighted by molar-refractivity contribution is 7.91. The molecule has 0 saturated heterocycles. The van der Waals surface area contributed by atoms with Crippen molar-refractivity contribution in [2.75, 3.05) is 31.8 Å². The highest BCUT2D eigenvalue weighted by atomic mass is 32.2. The second-order valence-electron chi connectivity index (χ2n) is 5.46. The van der Waals surface area contributed by atoms with Crippen molar-refractivity contribution in [3.8, 4) is 0 Å². The molecule has 1 aromatic heterocycles. The zero-order chi connectivity index (χ0) is 15.3. The third kappa shape index (κ3) is 4.79. The molecular weight excluding hydrogens is 290 g/mol. The number of methoxy groups -OCH3 is 1. The number of aryl methyl sites for hydroxylation is 1. The highest BCUT2D eigenvalue weighted by Crippen LogP contribution is 2.41. The molecule has 2 rings (SSSR count). The molecule has 6 nitrogen and oxygen atoms in total. The normalized spacial score (nSPS) is 15.5. The number of nitrogens with one attached hydrogen (secondary N) is 1. The third-order valence-corrected chi connectivity index (χ3v) is 5.46. The van der Waals surface area contributed by atoms with E-state index in [2.05, 4.69) is 10.4 Å². The first-order chi connectivity index (χ1) is 10.1. The first-order valence-electron chi connectivity index (χ1n) is 7.52. The lowest BCUT2D eigenvalue weighted by Crippen LogP contribution is -2.20. The third-order valence-electron chi connectivity index (χ3n) is 3.78. The van der Waals surface area contributed by atoms with Gasteiger partial charge in [0, 0.05) is 43.1 Å². The molecule has 1 heterocycles. The molecule has 1 N–H and O–H groups in total. The van der Waals surface area contributed by atoms with E-state index in [-0.39, 0.29) is 11.5 Å². The van der Waals surface area contributed by atoms with Gasteiger partial charge in [0.1, 0.15) is 0 Å². The van der Waals surface area contributed by atoms with Crippen molar-refractivity contribution < 1.29 is 13.2 Å². The molecule has 1 fully saturated rings. The van der Waals surface area contributed by atoms with Crippen molar-refractivity contribution in [1.82, 2.24) is 15.1 Å². The Balaban J connectivity index is 1.99. The number of nitrogens with zero attached hydrogens (tertiary/aromatic N) is 2. The Bertz CT molecular complexity index is 550. The molecule has 0 atom stereocenters. The van der Waals surface area contributed by atoms with Gasteiger partial charge in [-0.25, -0.2) is 8.42 Å². The predicted octanol–water partition coefficient (Wildman–Crippen LogP) is 0.931. The summed E-state index contributed by atoms with van der Waals surface area (Å²) in [4.78, 5) is 0. The number of rotatable bonds is 10. The van der Waals surface area contributed by atoms with Gasteiger partial charge in [-0.1, -0.05) is 6.92 Å². The lowest BCUT2D eigenvalue weighted by molar-refractivity contribution is 0.199. The van der Waals surface area contributed by atoms with Gasteiger partial charge >= 0.3 is 0 Å². The van der Waals surface area contributed by atoms with Crippen molar-refractivity contribution in [3.05, 3.63) is 17.5 Å². The Morgan fingerprint density at radius 1 is 1.48 bits per heavy atom. The zero-order valence-electron chi connectivity index (χ0n) is 12.8. The summed E-state index contributed by atoms with van der Waals surface area (Å²) < 4.78 is 30.2. The quantitative estimate of drug-likeness (QED) is 0.650. The summed E-state index contributed by atoms with van der Waals surface area (Å²) in [6.45, 7) is 4.39. The number of ether oxygens (including phenoxy) is 1. The average molecular weight is 315 g/mol. The van der Waals surface area contributed by atoms with Gasteiger partial charge in [0.05, 0.1) is 25.1 Å². The number of hydrogen-bond acceptors (Lipinski definition) is 5. The minimum atomic E-state index is -2.95. The number of aromatic nitrogens is 2. The number of hydrogen-bond donors (Lipinski definition) is 1. The molecule has 21 heavy (non-hydrogen) atoms. The summed E-state index contributed by atoms with van der Waals surface area (Å²) in [5.74, 6) is 0.913. The first kappa shape index (κ1) is 16.5. The van der Waals surface area contributed by atoms with Gasteiger partial charge in [-0.15, -0.1) is 0 Å². The molecule has 1 aliphatic carbocycles. The maximum absolute atomic E-state index is 11.7. The van der Waals surface area contributed by atoms with E-state index in [4.69, 9.17) is 4.74 Å². The van der Waals surface area contributed by atoms with E-state index in [0.717, 1.165) is 13.1 Å². The Morgan fingerprint density at radius 2 is 2.24 bits per heavy atom. The van der Waals surface area contributed by atoms with Crippen molar-refractivity contribution >= 4 is 9.84 Å². The van der Waals surface area contributed by atoms with Gasteiger partial charge in [-0.2, -0.15) is 5.10 Å². The van der Waals surface area contributed by atoms with E-state index in [1.165, 1.54) is 24.1 Å². The van der Waals surface area contributed by atoms with Crippen LogP contribution in [0.1, 0.15) is 36.9 Å². The maximum atomic E-state index is 11.7. The van der Waals surface area contributed by atoms with E-state index in [1.807, 2.05) is 10.9 Å². The summed E-state index contributed by atoms with van der Waals surface area (Å²) in [6.07, 6.45) is 4.22. The molecule has 0 spiro atoms. The summed E-state index contributed by atoms with van der Waals surface area (Å²) in [5, 5.41) is 7.72. The molecule has 0 unspecified atom stereocenters. The maximum Gasteiger partial charge on any atom is 0.151 e. The fourth-order valence-electron chi connectivity index (χ4n) is 2.34. The zero-order valence-corrected chi connectivity index (χ0v) is 13.7. The Morgan fingerprint density at radius 3 is 2.86 bits per heavy atom. The van der Waals surface area contributed by atoms with E-state index in [9.17, 15) is 8.42 Å². The summed E-state index contributed by atoms with van der Waals surface area (Å²) in [6, 6.07) is 0. The molecule has 1 aliphatic rings. The van der Waals surface area contributed by atoms with Gasteiger partial charge in [-0.3, -0.25) is 4.68 Å². The smallest absolute Gasteiger partial charge is 0.151 e. The van der Waals surface area contributed by atoms with Crippen LogP contribution in [0.15, 0.2) is 6.20 Å². The molecule has 0 amide bonds. The Hall–Kier alpha value is -0.920. The lowest BCUT2D eigenvalue weighted by Gasteiger charge is -2.09. The van der Waals surface area contributed by atoms with Crippen LogP contribution in [0.4, 0.5) is 0 Å². The Kier molecular flexibility index (Phi) is 5.78. The fourth-order valence-corrected chi connectivity index (χ4v) is 3.08. The highest BCUT2D eigenvalue weighted by Gasteiger charge is 2.30. The molecule has 1 aromatic rings. The van der Waals surface area contributed by atoms with Crippen LogP contribution in [0.3, 0.4) is 0 Å². The SMILES string of the molecule is CCS(=O)(=O)CCn1ncc(CNCCOC)c1C1CC1. The fraction of sp³-hybridized carbons (Fsp3) is 0.786. The van der Waals surface area contributed by atoms with Crippen LogP contribution in [0.2, 0.25) is 0 Å². The van der Waals surface area contributed by atoms with E-state index < -0.39 is 9.84 Å². The molecule has 0 radical (unpaired) electrons. The molecule has 0 bridgehead atoms. The van der Waals surface area contributed by atoms with Gasteiger partial charge in [0.2, 0.25) is 0 Å². The van der Waals surface area contributed by atoms with Crippen molar-refractivity contribution in [1.29, 1.82) is 0 Å². The van der Waals surface area contributed by atoms with E-state index in [1.54, 1.807) is 14.0 Å². The van der Waals surface area contributed by atoms with Crippen LogP contribution in [0.5, 0.6) is 0 Å². The standard InChI is InChI=1S/C14H25N3O3S/c1-3-21(18,19)9-7-17-14(12-4-5-12)13(11-16-17)10-15-6-8-20-2/h11-12,15H,3-10H2,1-2H3. The van der Waals surface area contributed by atoms with E-state index >= 15 is 0 Å². The largest absolute Gasteiger partial charge is 0.383 e. The average Bonchev–Trinajstić information content (AvgIpc) is 3.23. The molecule has 1 saturated carbocycles. The van der Waals surface area contributed by atoms with Gasteiger partial charge in [-0.05, 0) is 12.8 Å². The second-order valence-corrected chi connectivity index (χ2v) is 7.93. The van der Waals surface area contributed by atoms with Gasteiger partial charge in [0.15, 0.2) is 9.84 Å². The van der Waals surface area contributed by atoms with Crippen LogP contribution in [0.25, 0.3) is 0 Å². The number of sulfone groups is 1. The summed E-state index contributed by atoms with van der Waals surface area (Å²) in [7, 11) is -1.26. The van der Waals surface area contributed by atoms with Crippen LogP contribution in [-0.2, 0) is 27.7 Å². The molecule has 0 aliphatic heterocycles. The first-order valence-corrected chi connectivity index (χ1v) is 9.34. The Labute approximate surface area is 126 Å². The van der Waals surface area contributed by atoms with E-state index in [0.29, 0.717) is 19.1 Å². The van der Waals surface area contributed by atoms with Crippen LogP contribution in [-0.4, -0.2) is 50.0 Å². The minimum Gasteiger partial charge on any atom is -0.383 e. The van der Waals surface area contributed by atoms with Gasteiger partial charge < -0.3 is 10.1 Å². The summed E-state index contributed by atoms with van der Waals surface area (Å²) in [5.41, 5.74) is 2.40. The molecule has 0 aromatic carbocycles. The predicted molar refractivity (Wildman–Crippen MR) is 82.1 cm³/mol. The van der Waals surface area contributed by atoms with Crippen molar-refractivity contribution in [3.63, 3.8) is 0 Å². The van der Waals surface area contributed by atoms with Crippen molar-refractivity contribution in [2.24, 2.45) is 0 Å². The van der Waals surface area contributed by atoms with Crippen LogP contribution < -0.4 is 5.32 Å². The topological polar surface area (TPSA) is 73.2 Å². The van der Waals surface area contributed by atoms with Crippen LogP contribution >= 0.6 is 0 Å². The minimum absolute atomic E-state index is 0.168. The summed E-state index contributed by atoms with van der Waals surface area (Å²) >= 11 is 0. The van der Waals surface area contributed by atoms with Gasteiger partial charge in [0.25, 0.3) is 0 Å². The van der Waals surface area contributed by atoms with Crippen LogP contribution in [0, 0.1) is 0 Å². The molecular formula is C14H25N3O3S. The monoisotopic (exact) mass is 315 g/mol. The van der Waals surface area contributed by atoms with Crippen molar-refractivity contribution in [2.45, 2.75) is 38.8 Å². The molecule has 7 heteroatoms.